The van der Waals surface area contributed by atoms with E-state index in [-0.39, 0.29) is 51.0 Å². The van der Waals surface area contributed by atoms with Crippen LogP contribution in [0.15, 0.2) is 54.6 Å². The van der Waals surface area contributed by atoms with E-state index in [0.29, 0.717) is 0 Å². The number of halogens is 2. The normalized spacial score (nSPS) is 9.96. The second kappa shape index (κ2) is 10.3. The van der Waals surface area contributed by atoms with E-state index < -0.39 is 0 Å². The summed E-state index contributed by atoms with van der Waals surface area (Å²) in [7, 11) is 0. The van der Waals surface area contributed by atoms with Crippen LogP contribution in [-0.4, -0.2) is 0 Å². The van der Waals surface area contributed by atoms with Crippen molar-refractivity contribution in [3.63, 3.8) is 0 Å². The van der Waals surface area contributed by atoms with Gasteiger partial charge in [0.15, 0.2) is 0 Å². The maximum absolute atomic E-state index is 3.30. The summed E-state index contributed by atoms with van der Waals surface area (Å²) < 4.78 is 0. The summed E-state index contributed by atoms with van der Waals surface area (Å²) in [6.45, 7) is 6.41. The summed E-state index contributed by atoms with van der Waals surface area (Å²) in [4.78, 5) is 0. The van der Waals surface area contributed by atoms with Crippen molar-refractivity contribution < 1.29 is 51.0 Å². The monoisotopic (exact) mass is 432 g/mol. The van der Waals surface area contributed by atoms with Crippen LogP contribution in [0.1, 0.15) is 27.8 Å². The molecule has 0 unspecified atom stereocenters. The molecule has 0 heterocycles. The Kier molecular flexibility index (Phi) is 9.97. The summed E-state index contributed by atoms with van der Waals surface area (Å²) in [6, 6.07) is 22.5. The average Bonchev–Trinajstić information content (AvgIpc) is 2.99. The summed E-state index contributed by atoms with van der Waals surface area (Å²) in [5.74, 6) is 0. The molecule has 24 heavy (non-hydrogen) atoms. The molecule has 3 aromatic rings. The molecule has 1 aliphatic carbocycles. The predicted octanol–water partition coefficient (Wildman–Crippen LogP) is -0.606. The fourth-order valence-electron chi connectivity index (χ4n) is 2.95. The van der Waals surface area contributed by atoms with Gasteiger partial charge in [0.1, 0.15) is 0 Å². The van der Waals surface area contributed by atoms with Crippen molar-refractivity contribution in [1.29, 1.82) is 0 Å². The number of aryl methyl sites for hydroxylation is 3. The van der Waals surface area contributed by atoms with Gasteiger partial charge in [0, 0.05) is 0 Å². The van der Waals surface area contributed by atoms with Crippen LogP contribution in [0.3, 0.4) is 0 Å². The molecule has 0 aliphatic heterocycles. The number of hydrogen-bond acceptors (Lipinski definition) is 0. The van der Waals surface area contributed by atoms with Crippen molar-refractivity contribution in [1.82, 2.24) is 0 Å². The van der Waals surface area contributed by atoms with Crippen LogP contribution in [0.25, 0.3) is 11.1 Å². The molecule has 0 atom stereocenters. The quantitative estimate of drug-likeness (QED) is 0.324. The molecule has 1 aliphatic rings. The second-order valence-corrected chi connectivity index (χ2v) is 5.79. The first-order chi connectivity index (χ1) is 10.1. The molecule has 0 nitrogen and oxygen atoms in total. The Morgan fingerprint density at radius 1 is 0.917 bits per heavy atom. The van der Waals surface area contributed by atoms with Crippen LogP contribution in [0.2, 0.25) is 0 Å². The summed E-state index contributed by atoms with van der Waals surface area (Å²) in [5.41, 5.74) is 9.70. The molecule has 3 aromatic carbocycles. The molecular weight excluding hydrogens is 414 g/mol. The van der Waals surface area contributed by atoms with Crippen molar-refractivity contribution in [3.05, 3.63) is 88.5 Å². The van der Waals surface area contributed by atoms with Crippen LogP contribution >= 0.6 is 0 Å². The van der Waals surface area contributed by atoms with Gasteiger partial charge in [0.25, 0.3) is 0 Å². The average molecular weight is 435 g/mol. The summed E-state index contributed by atoms with van der Waals surface area (Å²) in [6.07, 6.45) is 1.05. The molecule has 0 aromatic heterocycles. The van der Waals surface area contributed by atoms with Gasteiger partial charge < -0.3 is 24.8 Å². The van der Waals surface area contributed by atoms with Gasteiger partial charge in [-0.25, -0.2) is 6.07 Å². The van der Waals surface area contributed by atoms with Gasteiger partial charge in [0.05, 0.1) is 0 Å². The van der Waals surface area contributed by atoms with Gasteiger partial charge in [0.2, 0.25) is 0 Å². The van der Waals surface area contributed by atoms with Crippen LogP contribution in [0.5, 0.6) is 0 Å². The standard InChI is InChI=1S/C13H9.C8H11.2ClH.Zr/c1-3-7-12-10(5-1)9-11-6-2-4-8-13(11)12;1-6-4-7(2)8(3)5-6;;;/h1-5,7-8H,9H2;4-5H,1-3H3;2*1H;/q2*-1;;;+4/p-2. The zero-order chi connectivity index (χ0) is 14.8. The van der Waals surface area contributed by atoms with E-state index in [1.165, 1.54) is 38.9 Å². The molecule has 0 bridgehead atoms. The van der Waals surface area contributed by atoms with Crippen LogP contribution in [0.4, 0.5) is 0 Å². The van der Waals surface area contributed by atoms with Gasteiger partial charge in [-0.1, -0.05) is 56.2 Å². The van der Waals surface area contributed by atoms with E-state index in [0.717, 1.165) is 6.42 Å². The van der Waals surface area contributed by atoms with Crippen molar-refractivity contribution in [2.24, 2.45) is 0 Å². The SMILES string of the molecule is Cc1cc(C)c(C)[cH-]1.[Cl-].[Cl-].[Zr+4].[c-]1cccc2c1Cc1ccccc1-2. The van der Waals surface area contributed by atoms with E-state index in [4.69, 9.17) is 0 Å². The number of fused-ring (bicyclic) bond motifs is 3. The molecule has 3 heteroatoms. The molecule has 0 saturated heterocycles. The van der Waals surface area contributed by atoms with Gasteiger partial charge in [-0.3, -0.25) is 0 Å². The first-order valence-electron chi connectivity index (χ1n) is 7.43. The first kappa shape index (κ1) is 23.3. The van der Waals surface area contributed by atoms with E-state index in [1.54, 1.807) is 0 Å². The molecule has 0 radical (unpaired) electrons. The predicted molar refractivity (Wildman–Crippen MR) is 89.8 cm³/mol. The largest absolute Gasteiger partial charge is 4.00 e. The number of rotatable bonds is 0. The molecule has 0 amide bonds. The third-order valence-corrected chi connectivity index (χ3v) is 4.13. The van der Waals surface area contributed by atoms with Crippen molar-refractivity contribution in [2.45, 2.75) is 27.2 Å². The fourth-order valence-corrected chi connectivity index (χ4v) is 2.95. The fraction of sp³-hybridized carbons (Fsp3) is 0.190. The zero-order valence-corrected chi connectivity index (χ0v) is 18.1. The third-order valence-electron chi connectivity index (χ3n) is 4.13. The third kappa shape index (κ3) is 5.12. The van der Waals surface area contributed by atoms with E-state index in [1.807, 2.05) is 6.07 Å². The first-order valence-corrected chi connectivity index (χ1v) is 7.43. The van der Waals surface area contributed by atoms with Crippen LogP contribution in [-0.2, 0) is 32.6 Å². The Hall–Kier alpha value is -0.747. The summed E-state index contributed by atoms with van der Waals surface area (Å²) in [5, 5.41) is 0. The Balaban J connectivity index is 0.000000429. The minimum absolute atomic E-state index is 0. The van der Waals surface area contributed by atoms with Gasteiger partial charge >= 0.3 is 26.2 Å². The van der Waals surface area contributed by atoms with E-state index in [9.17, 15) is 0 Å². The number of hydrogen-bond donors (Lipinski definition) is 0. The maximum Gasteiger partial charge on any atom is 4.00 e. The van der Waals surface area contributed by atoms with Crippen molar-refractivity contribution >= 4 is 0 Å². The van der Waals surface area contributed by atoms with E-state index in [2.05, 4.69) is 75.4 Å². The molecule has 4 rings (SSSR count). The van der Waals surface area contributed by atoms with Crippen molar-refractivity contribution in [3.8, 4) is 11.1 Å². The van der Waals surface area contributed by atoms with E-state index >= 15 is 0 Å². The molecule has 0 N–H and O–H groups in total. The molecule has 0 fully saturated rings. The van der Waals surface area contributed by atoms with Crippen LogP contribution < -0.4 is 24.8 Å². The maximum atomic E-state index is 3.30. The van der Waals surface area contributed by atoms with Crippen molar-refractivity contribution in [2.75, 3.05) is 0 Å². The smallest absolute Gasteiger partial charge is 1.00 e. The number of benzene rings is 2. The molecule has 122 valence electrons. The Labute approximate surface area is 177 Å². The molecular formula is C21H20Cl2Zr. The Bertz CT molecular complexity index is 712. The second-order valence-electron chi connectivity index (χ2n) is 5.79. The van der Waals surface area contributed by atoms with Gasteiger partial charge in [-0.05, 0) is 6.42 Å². The molecule has 0 spiro atoms. The zero-order valence-electron chi connectivity index (χ0n) is 14.2. The summed E-state index contributed by atoms with van der Waals surface area (Å²) >= 11 is 0. The Morgan fingerprint density at radius 3 is 2.17 bits per heavy atom. The van der Waals surface area contributed by atoms with Crippen LogP contribution in [0, 0.1) is 26.8 Å². The van der Waals surface area contributed by atoms with Gasteiger partial charge in [-0.15, -0.1) is 5.56 Å². The minimum atomic E-state index is 0. The topological polar surface area (TPSA) is 0 Å². The minimum Gasteiger partial charge on any atom is -1.00 e. The van der Waals surface area contributed by atoms with Gasteiger partial charge in [-0.2, -0.15) is 52.6 Å². The molecule has 0 saturated carbocycles. The Morgan fingerprint density at radius 2 is 1.58 bits per heavy atom.